The van der Waals surface area contributed by atoms with Crippen molar-refractivity contribution in [1.29, 1.82) is 0 Å². The van der Waals surface area contributed by atoms with Gasteiger partial charge >= 0.3 is 0 Å². The Bertz CT molecular complexity index is 938. The number of aryl methyl sites for hydroxylation is 1. The van der Waals surface area contributed by atoms with Crippen LogP contribution < -0.4 is 10.2 Å². The zero-order valence-electron chi connectivity index (χ0n) is 14.8. The lowest BCUT2D eigenvalue weighted by Gasteiger charge is -2.17. The van der Waals surface area contributed by atoms with E-state index in [1.54, 1.807) is 13.2 Å². The first-order valence-electron chi connectivity index (χ1n) is 8.73. The quantitative estimate of drug-likeness (QED) is 0.750. The van der Waals surface area contributed by atoms with Crippen LogP contribution in [0.2, 0.25) is 5.02 Å². The highest BCUT2D eigenvalue weighted by Crippen LogP contribution is 2.22. The summed E-state index contributed by atoms with van der Waals surface area (Å²) in [7, 11) is 1.70. The molecule has 1 saturated heterocycles. The van der Waals surface area contributed by atoms with E-state index in [0.717, 1.165) is 24.2 Å². The van der Waals surface area contributed by atoms with Gasteiger partial charge in [0.25, 0.3) is 5.91 Å². The monoisotopic (exact) mass is 382 g/mol. The summed E-state index contributed by atoms with van der Waals surface area (Å²) in [5, 5.41) is 7.38. The summed E-state index contributed by atoms with van der Waals surface area (Å²) in [6, 6.07) is 11.9. The number of benzene rings is 1. The third kappa shape index (κ3) is 3.64. The highest BCUT2D eigenvalue weighted by atomic mass is 35.5. The molecule has 7 nitrogen and oxygen atoms in total. The molecule has 1 fully saturated rings. The standard InChI is InChI=1S/C19H19ClN6O/c1-25-17(15(20)11-22-25)18(27)23-14-8-10-26(12-14)19-21-9-7-16(24-19)13-5-3-2-4-6-13/h2-7,9,11,14H,8,10,12H2,1H3,(H,23,27). The van der Waals surface area contributed by atoms with E-state index in [1.165, 1.54) is 10.9 Å². The van der Waals surface area contributed by atoms with Crippen LogP contribution in [0.3, 0.4) is 0 Å². The summed E-state index contributed by atoms with van der Waals surface area (Å²) in [6.45, 7) is 1.43. The molecular weight excluding hydrogens is 364 g/mol. The normalized spacial score (nSPS) is 16.5. The van der Waals surface area contributed by atoms with Gasteiger partial charge in [-0.05, 0) is 12.5 Å². The third-order valence-electron chi connectivity index (χ3n) is 4.63. The lowest BCUT2D eigenvalue weighted by Crippen LogP contribution is -2.38. The van der Waals surface area contributed by atoms with Crippen LogP contribution in [0, 0.1) is 0 Å². The molecule has 2 aromatic heterocycles. The minimum atomic E-state index is -0.217. The van der Waals surface area contributed by atoms with Gasteiger partial charge in [0.2, 0.25) is 5.95 Å². The molecule has 1 aliphatic heterocycles. The number of hydrogen-bond acceptors (Lipinski definition) is 5. The maximum Gasteiger partial charge on any atom is 0.271 e. The molecule has 0 spiro atoms. The minimum absolute atomic E-state index is 0.00690. The zero-order chi connectivity index (χ0) is 18.8. The van der Waals surface area contributed by atoms with Crippen molar-refractivity contribution in [3.05, 3.63) is 59.5 Å². The van der Waals surface area contributed by atoms with Crippen LogP contribution in [-0.4, -0.2) is 44.8 Å². The van der Waals surface area contributed by atoms with Crippen LogP contribution in [0.5, 0.6) is 0 Å². The second-order valence-electron chi connectivity index (χ2n) is 6.48. The van der Waals surface area contributed by atoms with Crippen LogP contribution >= 0.6 is 11.6 Å². The second-order valence-corrected chi connectivity index (χ2v) is 6.88. The van der Waals surface area contributed by atoms with Crippen LogP contribution in [-0.2, 0) is 7.05 Å². The topological polar surface area (TPSA) is 75.9 Å². The van der Waals surface area contributed by atoms with E-state index in [9.17, 15) is 4.79 Å². The van der Waals surface area contributed by atoms with E-state index in [0.29, 0.717) is 23.2 Å². The number of anilines is 1. The number of halogens is 1. The van der Waals surface area contributed by atoms with Crippen LogP contribution in [0.15, 0.2) is 48.8 Å². The van der Waals surface area contributed by atoms with Gasteiger partial charge in [-0.1, -0.05) is 41.9 Å². The molecule has 3 aromatic rings. The summed E-state index contributed by atoms with van der Waals surface area (Å²) >= 11 is 6.05. The molecule has 27 heavy (non-hydrogen) atoms. The third-order valence-corrected chi connectivity index (χ3v) is 4.90. The fourth-order valence-corrected chi connectivity index (χ4v) is 3.50. The number of nitrogens with one attached hydrogen (secondary N) is 1. The molecule has 0 bridgehead atoms. The Kier molecular flexibility index (Phi) is 4.77. The Hall–Kier alpha value is -2.93. The number of carbonyl (C=O) groups is 1. The number of hydrogen-bond donors (Lipinski definition) is 1. The Morgan fingerprint density at radius 3 is 2.81 bits per heavy atom. The Balaban J connectivity index is 1.45. The SMILES string of the molecule is Cn1ncc(Cl)c1C(=O)NC1CCN(c2nccc(-c3ccccc3)n2)C1. The highest BCUT2D eigenvalue weighted by Gasteiger charge is 2.27. The van der Waals surface area contributed by atoms with Gasteiger partial charge in [-0.15, -0.1) is 0 Å². The summed E-state index contributed by atoms with van der Waals surface area (Å²) in [4.78, 5) is 23.7. The summed E-state index contributed by atoms with van der Waals surface area (Å²) in [6.07, 6.45) is 4.06. The van der Waals surface area contributed by atoms with Crippen molar-refractivity contribution < 1.29 is 4.79 Å². The number of rotatable bonds is 4. The van der Waals surface area contributed by atoms with Crippen LogP contribution in [0.25, 0.3) is 11.3 Å². The fraction of sp³-hybridized carbons (Fsp3) is 0.263. The number of amides is 1. The van der Waals surface area contributed by atoms with Gasteiger partial charge < -0.3 is 10.2 Å². The van der Waals surface area contributed by atoms with Crippen molar-refractivity contribution in [1.82, 2.24) is 25.1 Å². The van der Waals surface area contributed by atoms with Crippen molar-refractivity contribution in [3.63, 3.8) is 0 Å². The van der Waals surface area contributed by atoms with Crippen molar-refractivity contribution in [2.24, 2.45) is 7.05 Å². The number of aromatic nitrogens is 4. The molecule has 8 heteroatoms. The zero-order valence-corrected chi connectivity index (χ0v) is 15.6. The van der Waals surface area contributed by atoms with E-state index in [2.05, 4.69) is 25.3 Å². The Morgan fingerprint density at radius 2 is 2.07 bits per heavy atom. The van der Waals surface area contributed by atoms with Gasteiger partial charge in [0.1, 0.15) is 5.69 Å². The van der Waals surface area contributed by atoms with E-state index < -0.39 is 0 Å². The first-order valence-corrected chi connectivity index (χ1v) is 9.11. The van der Waals surface area contributed by atoms with Crippen molar-refractivity contribution >= 4 is 23.5 Å². The molecule has 1 aromatic carbocycles. The van der Waals surface area contributed by atoms with Gasteiger partial charge in [-0.25, -0.2) is 9.97 Å². The number of nitrogens with zero attached hydrogens (tertiary/aromatic N) is 5. The first kappa shape index (κ1) is 17.5. The lowest BCUT2D eigenvalue weighted by molar-refractivity contribution is 0.0931. The molecule has 1 unspecified atom stereocenters. The maximum absolute atomic E-state index is 12.5. The van der Waals surface area contributed by atoms with Crippen LogP contribution in [0.1, 0.15) is 16.9 Å². The minimum Gasteiger partial charge on any atom is -0.346 e. The van der Waals surface area contributed by atoms with Gasteiger partial charge in [0.05, 0.1) is 16.9 Å². The second kappa shape index (κ2) is 7.36. The average molecular weight is 383 g/mol. The molecule has 3 heterocycles. The van der Waals surface area contributed by atoms with Gasteiger partial charge in [-0.2, -0.15) is 5.10 Å². The Morgan fingerprint density at radius 1 is 1.26 bits per heavy atom. The molecule has 1 N–H and O–H groups in total. The lowest BCUT2D eigenvalue weighted by atomic mass is 10.1. The Labute approximate surface area is 162 Å². The highest BCUT2D eigenvalue weighted by molar-refractivity contribution is 6.33. The average Bonchev–Trinajstić information content (AvgIpc) is 3.29. The molecule has 1 atom stereocenters. The van der Waals surface area contributed by atoms with E-state index in [4.69, 9.17) is 11.6 Å². The number of carbonyl (C=O) groups excluding carboxylic acids is 1. The molecule has 0 aliphatic carbocycles. The van der Waals surface area contributed by atoms with Crippen molar-refractivity contribution in [2.75, 3.05) is 18.0 Å². The van der Waals surface area contributed by atoms with E-state index >= 15 is 0 Å². The predicted octanol–water partition coefficient (Wildman–Crippen LogP) is 2.54. The molecule has 138 valence electrons. The van der Waals surface area contributed by atoms with E-state index in [-0.39, 0.29) is 11.9 Å². The molecule has 1 aliphatic rings. The summed E-state index contributed by atoms with van der Waals surface area (Å²) < 4.78 is 1.48. The van der Waals surface area contributed by atoms with Crippen LogP contribution in [0.4, 0.5) is 5.95 Å². The van der Waals surface area contributed by atoms with E-state index in [1.807, 2.05) is 36.4 Å². The summed E-state index contributed by atoms with van der Waals surface area (Å²) in [5.41, 5.74) is 2.31. The fourth-order valence-electron chi connectivity index (χ4n) is 3.25. The molecule has 1 amide bonds. The molecule has 4 rings (SSSR count). The molecule has 0 radical (unpaired) electrons. The maximum atomic E-state index is 12.5. The van der Waals surface area contributed by atoms with Crippen molar-refractivity contribution in [2.45, 2.75) is 12.5 Å². The molecule has 0 saturated carbocycles. The van der Waals surface area contributed by atoms with Crippen molar-refractivity contribution in [3.8, 4) is 11.3 Å². The smallest absolute Gasteiger partial charge is 0.271 e. The first-order chi connectivity index (χ1) is 13.1. The molecular formula is C19H19ClN6O. The van der Waals surface area contributed by atoms with Gasteiger partial charge in [0, 0.05) is 37.9 Å². The van der Waals surface area contributed by atoms with Gasteiger partial charge in [0.15, 0.2) is 0 Å². The summed E-state index contributed by atoms with van der Waals surface area (Å²) in [5.74, 6) is 0.456. The van der Waals surface area contributed by atoms with Gasteiger partial charge in [-0.3, -0.25) is 9.48 Å². The predicted molar refractivity (Wildman–Crippen MR) is 104 cm³/mol. The largest absolute Gasteiger partial charge is 0.346 e.